The second kappa shape index (κ2) is 3.60. The van der Waals surface area contributed by atoms with E-state index in [9.17, 15) is 0 Å². The number of ether oxygens (including phenoxy) is 1. The molecule has 0 radical (unpaired) electrons. The molecule has 1 aliphatic heterocycles. The number of fused-ring (bicyclic) bond motifs is 1. The summed E-state index contributed by atoms with van der Waals surface area (Å²) in [4.78, 5) is 8.33. The number of hydrogen-bond donors (Lipinski definition) is 1. The van der Waals surface area contributed by atoms with Gasteiger partial charge in [-0.3, -0.25) is 4.98 Å². The Labute approximate surface area is 86.5 Å². The first-order chi connectivity index (χ1) is 7.43. The van der Waals surface area contributed by atoms with Gasteiger partial charge in [-0.05, 0) is 0 Å². The lowest BCUT2D eigenvalue weighted by Crippen LogP contribution is -2.33. The maximum absolute atomic E-state index is 5.59. The van der Waals surface area contributed by atoms with Gasteiger partial charge in [0.2, 0.25) is 5.89 Å². The minimum atomic E-state index is -0.0776. The molecule has 1 saturated heterocycles. The summed E-state index contributed by atoms with van der Waals surface area (Å²) in [5.41, 5.74) is 1.54. The van der Waals surface area contributed by atoms with Crippen LogP contribution < -0.4 is 5.32 Å². The topological polar surface area (TPSA) is 60.2 Å². The fourth-order valence-corrected chi connectivity index (χ4v) is 1.66. The van der Waals surface area contributed by atoms with Crippen LogP contribution in [0.4, 0.5) is 0 Å². The normalized spacial score (nSPS) is 22.0. The van der Waals surface area contributed by atoms with E-state index in [4.69, 9.17) is 9.15 Å². The number of aromatic nitrogens is 2. The van der Waals surface area contributed by atoms with Gasteiger partial charge in [0.05, 0.1) is 12.8 Å². The highest BCUT2D eigenvalue weighted by Crippen LogP contribution is 2.22. The molecule has 1 aliphatic rings. The van der Waals surface area contributed by atoms with Crippen LogP contribution in [0.25, 0.3) is 11.1 Å². The third-order valence-electron chi connectivity index (χ3n) is 2.41. The predicted octanol–water partition coefficient (Wildman–Crippen LogP) is 0.884. The van der Waals surface area contributed by atoms with E-state index in [-0.39, 0.29) is 6.10 Å². The van der Waals surface area contributed by atoms with E-state index in [1.807, 2.05) is 6.07 Å². The SMILES string of the molecule is c1cc2oc(C3CNCCO3)nc2cn1. The highest BCUT2D eigenvalue weighted by molar-refractivity contribution is 5.70. The molecule has 5 heteroatoms. The van der Waals surface area contributed by atoms with E-state index in [1.165, 1.54) is 0 Å². The van der Waals surface area contributed by atoms with E-state index in [0.717, 1.165) is 24.2 Å². The van der Waals surface area contributed by atoms with E-state index >= 15 is 0 Å². The molecule has 0 spiro atoms. The van der Waals surface area contributed by atoms with Gasteiger partial charge in [0.15, 0.2) is 5.58 Å². The number of morpholine rings is 1. The van der Waals surface area contributed by atoms with Crippen molar-refractivity contribution in [1.82, 2.24) is 15.3 Å². The number of nitrogens with zero attached hydrogens (tertiary/aromatic N) is 2. The van der Waals surface area contributed by atoms with Crippen molar-refractivity contribution in [1.29, 1.82) is 0 Å². The molecule has 2 aromatic heterocycles. The molecular weight excluding hydrogens is 194 g/mol. The largest absolute Gasteiger partial charge is 0.438 e. The molecule has 1 unspecified atom stereocenters. The Bertz CT molecular complexity index is 429. The van der Waals surface area contributed by atoms with Gasteiger partial charge in [-0.1, -0.05) is 0 Å². The van der Waals surface area contributed by atoms with Crippen molar-refractivity contribution < 1.29 is 9.15 Å². The first-order valence-electron chi connectivity index (χ1n) is 4.96. The molecule has 3 rings (SSSR count). The van der Waals surface area contributed by atoms with Crippen molar-refractivity contribution in [2.24, 2.45) is 0 Å². The molecule has 0 saturated carbocycles. The molecule has 1 atom stereocenters. The van der Waals surface area contributed by atoms with Crippen LogP contribution in [-0.4, -0.2) is 29.7 Å². The predicted molar refractivity (Wildman–Crippen MR) is 53.4 cm³/mol. The molecule has 0 bridgehead atoms. The number of nitrogens with one attached hydrogen (secondary N) is 1. The molecule has 0 amide bonds. The van der Waals surface area contributed by atoms with E-state index < -0.39 is 0 Å². The smallest absolute Gasteiger partial charge is 0.226 e. The lowest BCUT2D eigenvalue weighted by Gasteiger charge is -2.20. The number of oxazole rings is 1. The number of rotatable bonds is 1. The van der Waals surface area contributed by atoms with Crippen molar-refractivity contribution in [3.05, 3.63) is 24.4 Å². The Morgan fingerprint density at radius 1 is 1.47 bits per heavy atom. The van der Waals surface area contributed by atoms with Gasteiger partial charge >= 0.3 is 0 Å². The molecular formula is C10H11N3O2. The highest BCUT2D eigenvalue weighted by atomic mass is 16.5. The standard InChI is InChI=1S/C10H11N3O2/c1-2-11-5-7-8(1)15-10(13-7)9-6-12-3-4-14-9/h1-2,5,9,12H,3-4,6H2. The van der Waals surface area contributed by atoms with Gasteiger partial charge in [0.1, 0.15) is 11.6 Å². The third-order valence-corrected chi connectivity index (χ3v) is 2.41. The Morgan fingerprint density at radius 3 is 3.27 bits per heavy atom. The Morgan fingerprint density at radius 2 is 2.47 bits per heavy atom. The Hall–Kier alpha value is -1.46. The molecule has 5 nitrogen and oxygen atoms in total. The number of pyridine rings is 1. The quantitative estimate of drug-likeness (QED) is 0.749. The summed E-state index contributed by atoms with van der Waals surface area (Å²) in [6.07, 6.45) is 3.31. The number of hydrogen-bond acceptors (Lipinski definition) is 5. The zero-order valence-electron chi connectivity index (χ0n) is 8.14. The van der Waals surface area contributed by atoms with Crippen LogP contribution in [0.1, 0.15) is 12.0 Å². The minimum absolute atomic E-state index is 0.0776. The van der Waals surface area contributed by atoms with Gasteiger partial charge in [-0.25, -0.2) is 4.98 Å². The fourth-order valence-electron chi connectivity index (χ4n) is 1.66. The minimum Gasteiger partial charge on any atom is -0.438 e. The van der Waals surface area contributed by atoms with Gasteiger partial charge < -0.3 is 14.5 Å². The van der Waals surface area contributed by atoms with Crippen LogP contribution in [0.5, 0.6) is 0 Å². The summed E-state index contributed by atoms with van der Waals surface area (Å²) >= 11 is 0. The lowest BCUT2D eigenvalue weighted by atomic mass is 10.3. The molecule has 0 aromatic carbocycles. The third kappa shape index (κ3) is 1.60. The van der Waals surface area contributed by atoms with Crippen molar-refractivity contribution in [2.75, 3.05) is 19.7 Å². The average Bonchev–Trinajstić information content (AvgIpc) is 2.74. The van der Waals surface area contributed by atoms with Gasteiger partial charge in [0, 0.05) is 25.4 Å². The van der Waals surface area contributed by atoms with E-state index in [2.05, 4.69) is 15.3 Å². The molecule has 15 heavy (non-hydrogen) atoms. The van der Waals surface area contributed by atoms with E-state index in [0.29, 0.717) is 12.5 Å². The summed E-state index contributed by atoms with van der Waals surface area (Å²) in [6.45, 7) is 2.33. The monoisotopic (exact) mass is 205 g/mol. The Kier molecular flexibility index (Phi) is 2.12. The van der Waals surface area contributed by atoms with Crippen LogP contribution in [0.2, 0.25) is 0 Å². The molecule has 0 aliphatic carbocycles. The molecule has 78 valence electrons. The van der Waals surface area contributed by atoms with Crippen molar-refractivity contribution >= 4 is 11.1 Å². The maximum atomic E-state index is 5.59. The fraction of sp³-hybridized carbons (Fsp3) is 0.400. The van der Waals surface area contributed by atoms with Gasteiger partial charge in [-0.2, -0.15) is 0 Å². The van der Waals surface area contributed by atoms with Crippen molar-refractivity contribution in [3.63, 3.8) is 0 Å². The van der Waals surface area contributed by atoms with Crippen molar-refractivity contribution in [2.45, 2.75) is 6.10 Å². The van der Waals surface area contributed by atoms with E-state index in [1.54, 1.807) is 12.4 Å². The zero-order valence-corrected chi connectivity index (χ0v) is 8.14. The van der Waals surface area contributed by atoms with Crippen LogP contribution >= 0.6 is 0 Å². The van der Waals surface area contributed by atoms with Crippen LogP contribution in [0, 0.1) is 0 Å². The molecule has 2 aromatic rings. The average molecular weight is 205 g/mol. The lowest BCUT2D eigenvalue weighted by molar-refractivity contribution is 0.0118. The van der Waals surface area contributed by atoms with Crippen LogP contribution in [0.15, 0.2) is 22.9 Å². The summed E-state index contributed by atoms with van der Waals surface area (Å²) in [7, 11) is 0. The summed E-state index contributed by atoms with van der Waals surface area (Å²) in [5.74, 6) is 0.630. The Balaban J connectivity index is 1.96. The van der Waals surface area contributed by atoms with Crippen molar-refractivity contribution in [3.8, 4) is 0 Å². The second-order valence-electron chi connectivity index (χ2n) is 3.46. The molecule has 3 heterocycles. The van der Waals surface area contributed by atoms with Gasteiger partial charge in [0.25, 0.3) is 0 Å². The second-order valence-corrected chi connectivity index (χ2v) is 3.46. The zero-order chi connectivity index (χ0) is 10.1. The van der Waals surface area contributed by atoms with Crippen LogP contribution in [0.3, 0.4) is 0 Å². The first-order valence-corrected chi connectivity index (χ1v) is 4.96. The van der Waals surface area contributed by atoms with Gasteiger partial charge in [-0.15, -0.1) is 0 Å². The molecule has 1 N–H and O–H groups in total. The molecule has 1 fully saturated rings. The first kappa shape index (κ1) is 8.82. The summed E-state index contributed by atoms with van der Waals surface area (Å²) in [5, 5.41) is 3.24. The summed E-state index contributed by atoms with van der Waals surface area (Å²) in [6, 6.07) is 1.81. The maximum Gasteiger partial charge on any atom is 0.226 e. The highest BCUT2D eigenvalue weighted by Gasteiger charge is 2.21. The summed E-state index contributed by atoms with van der Waals surface area (Å²) < 4.78 is 11.1. The van der Waals surface area contributed by atoms with Crippen LogP contribution in [-0.2, 0) is 4.74 Å².